The molecule has 0 radical (unpaired) electrons. The Labute approximate surface area is 126 Å². The summed E-state index contributed by atoms with van der Waals surface area (Å²) >= 11 is 0. The van der Waals surface area contributed by atoms with Crippen LogP contribution in [0, 0.1) is 6.92 Å². The number of benzene rings is 2. The van der Waals surface area contributed by atoms with E-state index in [-0.39, 0.29) is 0 Å². The summed E-state index contributed by atoms with van der Waals surface area (Å²) in [7, 11) is -1.84. The third-order valence-corrected chi connectivity index (χ3v) is 5.04. The molecule has 2 aromatic rings. The lowest BCUT2D eigenvalue weighted by Gasteiger charge is -2.15. The highest BCUT2D eigenvalue weighted by Crippen LogP contribution is 2.15. The summed E-state index contributed by atoms with van der Waals surface area (Å²) in [5, 5.41) is 0. The number of rotatable bonds is 5. The van der Waals surface area contributed by atoms with Crippen LogP contribution in [-0.2, 0) is 10.0 Å². The molecule has 0 saturated carbocycles. The van der Waals surface area contributed by atoms with Gasteiger partial charge in [0.1, 0.15) is 0 Å². The van der Waals surface area contributed by atoms with Gasteiger partial charge in [0.15, 0.2) is 0 Å². The van der Waals surface area contributed by atoms with Crippen LogP contribution in [0.25, 0.3) is 6.08 Å². The Bertz CT molecular complexity index is 704. The van der Waals surface area contributed by atoms with Crippen molar-refractivity contribution in [2.45, 2.75) is 11.8 Å². The lowest BCUT2D eigenvalue weighted by Crippen LogP contribution is -2.27. The lowest BCUT2D eigenvalue weighted by molar-refractivity contribution is 0.499. The van der Waals surface area contributed by atoms with Crippen LogP contribution in [0.1, 0.15) is 11.1 Å². The number of hydrogen-bond acceptors (Lipinski definition) is 2. The van der Waals surface area contributed by atoms with Gasteiger partial charge < -0.3 is 0 Å². The first-order valence-corrected chi connectivity index (χ1v) is 8.19. The molecular formula is C17H19NO2S. The van der Waals surface area contributed by atoms with Crippen molar-refractivity contribution in [2.24, 2.45) is 0 Å². The molecule has 2 rings (SSSR count). The fourth-order valence-electron chi connectivity index (χ4n) is 1.89. The normalized spacial score (nSPS) is 12.1. The van der Waals surface area contributed by atoms with Crippen molar-refractivity contribution in [3.05, 3.63) is 71.8 Å². The topological polar surface area (TPSA) is 37.4 Å². The zero-order chi connectivity index (χ0) is 15.3. The van der Waals surface area contributed by atoms with Gasteiger partial charge in [0.05, 0.1) is 4.90 Å². The summed E-state index contributed by atoms with van der Waals surface area (Å²) < 4.78 is 26.1. The van der Waals surface area contributed by atoms with Gasteiger partial charge in [0.25, 0.3) is 0 Å². The van der Waals surface area contributed by atoms with Gasteiger partial charge in [-0.3, -0.25) is 0 Å². The SMILES string of the molecule is Cc1ccc(S(=O)(=O)N(C)C/C=C/c2ccccc2)cc1. The first kappa shape index (κ1) is 15.5. The zero-order valence-electron chi connectivity index (χ0n) is 12.2. The summed E-state index contributed by atoms with van der Waals surface area (Å²) in [4.78, 5) is 0.323. The summed E-state index contributed by atoms with van der Waals surface area (Å²) in [6.45, 7) is 2.27. The van der Waals surface area contributed by atoms with Gasteiger partial charge in [0.2, 0.25) is 10.0 Å². The summed E-state index contributed by atoms with van der Waals surface area (Å²) in [5.41, 5.74) is 2.10. The quantitative estimate of drug-likeness (QED) is 0.849. The van der Waals surface area contributed by atoms with Crippen molar-refractivity contribution < 1.29 is 8.42 Å². The van der Waals surface area contributed by atoms with E-state index in [0.717, 1.165) is 11.1 Å². The highest BCUT2D eigenvalue weighted by molar-refractivity contribution is 7.89. The van der Waals surface area contributed by atoms with Crippen LogP contribution in [0.3, 0.4) is 0 Å². The van der Waals surface area contributed by atoms with Gasteiger partial charge in [-0.2, -0.15) is 4.31 Å². The van der Waals surface area contributed by atoms with Crippen molar-refractivity contribution in [3.8, 4) is 0 Å². The maximum Gasteiger partial charge on any atom is 0.243 e. The van der Waals surface area contributed by atoms with E-state index in [0.29, 0.717) is 11.4 Å². The summed E-state index contributed by atoms with van der Waals surface area (Å²) in [6, 6.07) is 16.7. The maximum absolute atomic E-state index is 12.4. The van der Waals surface area contributed by atoms with E-state index in [1.807, 2.05) is 49.4 Å². The third kappa shape index (κ3) is 4.03. The van der Waals surface area contributed by atoms with Crippen LogP contribution in [0.5, 0.6) is 0 Å². The average molecular weight is 301 g/mol. The van der Waals surface area contributed by atoms with Crippen LogP contribution in [0.4, 0.5) is 0 Å². The number of aryl methyl sites for hydroxylation is 1. The Morgan fingerprint density at radius 3 is 2.24 bits per heavy atom. The van der Waals surface area contributed by atoms with E-state index in [1.54, 1.807) is 31.3 Å². The summed E-state index contributed by atoms with van der Waals surface area (Å²) in [5.74, 6) is 0. The fourth-order valence-corrected chi connectivity index (χ4v) is 3.01. The van der Waals surface area contributed by atoms with E-state index < -0.39 is 10.0 Å². The molecule has 3 nitrogen and oxygen atoms in total. The first-order chi connectivity index (χ1) is 10.00. The van der Waals surface area contributed by atoms with E-state index in [2.05, 4.69) is 0 Å². The molecule has 0 spiro atoms. The van der Waals surface area contributed by atoms with Crippen LogP contribution in [0.2, 0.25) is 0 Å². The van der Waals surface area contributed by atoms with Crippen molar-refractivity contribution in [2.75, 3.05) is 13.6 Å². The second-order valence-corrected chi connectivity index (χ2v) is 6.96. The molecule has 0 atom stereocenters. The zero-order valence-corrected chi connectivity index (χ0v) is 13.0. The predicted molar refractivity (Wildman–Crippen MR) is 86.5 cm³/mol. The van der Waals surface area contributed by atoms with Gasteiger partial charge in [-0.05, 0) is 24.6 Å². The van der Waals surface area contributed by atoms with Crippen molar-refractivity contribution in [1.29, 1.82) is 0 Å². The van der Waals surface area contributed by atoms with Crippen molar-refractivity contribution >= 4 is 16.1 Å². The fraction of sp³-hybridized carbons (Fsp3) is 0.176. The molecule has 0 saturated heterocycles. The Hall–Kier alpha value is -1.91. The minimum Gasteiger partial charge on any atom is -0.207 e. The molecule has 0 amide bonds. The van der Waals surface area contributed by atoms with Crippen LogP contribution < -0.4 is 0 Å². The molecule has 0 fully saturated rings. The smallest absolute Gasteiger partial charge is 0.207 e. The highest BCUT2D eigenvalue weighted by Gasteiger charge is 2.18. The van der Waals surface area contributed by atoms with Gasteiger partial charge in [-0.25, -0.2) is 8.42 Å². The number of likely N-dealkylation sites (N-methyl/N-ethyl adjacent to an activating group) is 1. The highest BCUT2D eigenvalue weighted by atomic mass is 32.2. The van der Waals surface area contributed by atoms with Crippen molar-refractivity contribution in [1.82, 2.24) is 4.31 Å². The van der Waals surface area contributed by atoms with Crippen LogP contribution in [-0.4, -0.2) is 26.3 Å². The number of hydrogen-bond donors (Lipinski definition) is 0. The molecular weight excluding hydrogens is 282 g/mol. The van der Waals surface area contributed by atoms with Crippen LogP contribution in [0.15, 0.2) is 65.6 Å². The van der Waals surface area contributed by atoms with Gasteiger partial charge in [-0.1, -0.05) is 60.2 Å². The molecule has 0 aromatic heterocycles. The van der Waals surface area contributed by atoms with Crippen LogP contribution >= 0.6 is 0 Å². The molecule has 0 aliphatic carbocycles. The molecule has 4 heteroatoms. The van der Waals surface area contributed by atoms with Gasteiger partial charge in [0, 0.05) is 13.6 Å². The Morgan fingerprint density at radius 2 is 1.62 bits per heavy atom. The second kappa shape index (κ2) is 6.70. The first-order valence-electron chi connectivity index (χ1n) is 6.75. The van der Waals surface area contributed by atoms with E-state index in [1.165, 1.54) is 4.31 Å². The third-order valence-electron chi connectivity index (χ3n) is 3.20. The molecule has 110 valence electrons. The molecule has 2 aromatic carbocycles. The van der Waals surface area contributed by atoms with E-state index >= 15 is 0 Å². The Balaban J connectivity index is 2.07. The maximum atomic E-state index is 12.4. The molecule has 0 unspecified atom stereocenters. The summed E-state index contributed by atoms with van der Waals surface area (Å²) in [6.07, 6.45) is 3.77. The molecule has 0 aliphatic heterocycles. The molecule has 0 bridgehead atoms. The lowest BCUT2D eigenvalue weighted by atomic mass is 10.2. The predicted octanol–water partition coefficient (Wildman–Crippen LogP) is 3.33. The van der Waals surface area contributed by atoms with Gasteiger partial charge in [-0.15, -0.1) is 0 Å². The number of sulfonamides is 1. The Kier molecular flexibility index (Phi) is 4.94. The van der Waals surface area contributed by atoms with Crippen molar-refractivity contribution in [3.63, 3.8) is 0 Å². The molecule has 0 heterocycles. The number of nitrogens with zero attached hydrogens (tertiary/aromatic N) is 1. The average Bonchev–Trinajstić information content (AvgIpc) is 2.48. The molecule has 21 heavy (non-hydrogen) atoms. The Morgan fingerprint density at radius 1 is 1.00 bits per heavy atom. The second-order valence-electron chi connectivity index (χ2n) is 4.91. The van der Waals surface area contributed by atoms with E-state index in [9.17, 15) is 8.42 Å². The monoisotopic (exact) mass is 301 g/mol. The molecule has 0 N–H and O–H groups in total. The standard InChI is InChI=1S/C17H19NO2S/c1-15-10-12-17(13-11-15)21(19,20)18(2)14-6-9-16-7-4-3-5-8-16/h3-13H,14H2,1-2H3/b9-6+. The molecule has 0 aliphatic rings. The minimum atomic E-state index is -3.43. The van der Waals surface area contributed by atoms with Gasteiger partial charge >= 0.3 is 0 Å². The van der Waals surface area contributed by atoms with E-state index in [4.69, 9.17) is 0 Å². The minimum absolute atomic E-state index is 0.323. The largest absolute Gasteiger partial charge is 0.243 e.